The number of fused-ring (bicyclic) bond motifs is 3. The number of urea groups is 1. The van der Waals surface area contributed by atoms with Crippen molar-refractivity contribution in [2.45, 2.75) is 120 Å². The van der Waals surface area contributed by atoms with Crippen molar-refractivity contribution in [2.24, 2.45) is 11.7 Å². The number of amides is 7. The van der Waals surface area contributed by atoms with Crippen LogP contribution in [-0.4, -0.2) is 161 Å². The number of hydrogen-bond donors (Lipinski definition) is 9. The minimum Gasteiger partial charge on any atom is -0.444 e. The number of benzene rings is 1. The average Bonchev–Trinajstić information content (AvgIpc) is 3.32. The van der Waals surface area contributed by atoms with Gasteiger partial charge in [-0.1, -0.05) is 38.8 Å². The second-order valence-electron chi connectivity index (χ2n) is 19.7. The second-order valence-corrected chi connectivity index (χ2v) is 23.9. The van der Waals surface area contributed by atoms with Gasteiger partial charge in [0.15, 0.2) is 47.7 Å². The molecule has 4 aliphatic rings. The normalized spacial score (nSPS) is 26.8. The average molecular weight is 1400 g/mol. The summed E-state index contributed by atoms with van der Waals surface area (Å²) >= 11 is 5.12. The van der Waals surface area contributed by atoms with Crippen LogP contribution in [0.5, 0.6) is 0 Å². The predicted octanol–water partition coefficient (Wildman–Crippen LogP) is 1.35. The molecule has 7 heterocycles. The Morgan fingerprint density at radius 2 is 1.58 bits per heavy atom. The zero-order chi connectivity index (χ0) is 59.8. The van der Waals surface area contributed by atoms with Crippen molar-refractivity contribution < 1.29 is 121 Å². The molecule has 31 nitrogen and oxygen atoms in total. The number of alkyl halides is 2. The quantitative estimate of drug-likeness (QED) is 0.0246. The van der Waals surface area contributed by atoms with Crippen LogP contribution in [0.4, 0.5) is 29.9 Å². The molecule has 4 fully saturated rings. The summed E-state index contributed by atoms with van der Waals surface area (Å²) in [6.07, 6.45) is -9.50. The number of rotatable bonds is 21. The molecule has 7 amide bonds. The molecule has 12 atom stereocenters. The van der Waals surface area contributed by atoms with Crippen LogP contribution >= 0.6 is 14.5 Å². The first-order chi connectivity index (χ1) is 39.5. The van der Waals surface area contributed by atoms with Crippen molar-refractivity contribution in [2.75, 3.05) is 43.5 Å². The predicted molar refractivity (Wildman–Crippen MR) is 286 cm³/mol. The molecule has 465 valence electrons. The van der Waals surface area contributed by atoms with Crippen molar-refractivity contribution in [3.8, 4) is 0 Å². The summed E-state index contributed by atoms with van der Waals surface area (Å²) in [5.41, 5.74) is 3.92. The molecule has 0 spiro atoms. The van der Waals surface area contributed by atoms with Gasteiger partial charge in [0, 0.05) is 67.9 Å². The molecular weight excluding hydrogens is 1340 g/mol. The van der Waals surface area contributed by atoms with Gasteiger partial charge in [-0.15, -0.1) is 0 Å². The van der Waals surface area contributed by atoms with Crippen LogP contribution in [0.25, 0.3) is 11.2 Å². The van der Waals surface area contributed by atoms with Crippen LogP contribution in [0, 0.1) is 49.2 Å². The Bertz CT molecular complexity index is 3240. The largest absolute Gasteiger partial charge is 0.472 e. The number of halogens is 2. The number of hydrogen-bond acceptors (Lipinski definition) is 21. The molecule has 1 aromatic carbocycles. The molecule has 0 bridgehead atoms. The molecule has 4 aromatic rings. The van der Waals surface area contributed by atoms with Crippen molar-refractivity contribution >= 4 is 84.8 Å². The fraction of sp³-hybridized carbons (Fsp3) is 0.532. The van der Waals surface area contributed by atoms with Gasteiger partial charge >= 0.3 is 32.4 Å². The summed E-state index contributed by atoms with van der Waals surface area (Å²) in [6.45, 7) is -2.02. The van der Waals surface area contributed by atoms with Crippen LogP contribution in [0.15, 0.2) is 58.8 Å². The molecule has 0 saturated carbocycles. The van der Waals surface area contributed by atoms with E-state index in [-0.39, 0.29) is 104 Å². The Kier molecular flexibility index (Phi) is 23.0. The van der Waals surface area contributed by atoms with Gasteiger partial charge in [0.1, 0.15) is 43.4 Å². The number of imide groups is 1. The number of likely N-dealkylation sites (tertiary alicyclic amines) is 1. The summed E-state index contributed by atoms with van der Waals surface area (Å²) in [4.78, 5) is 137. The Hall–Kier alpha value is -5.45. The molecule has 4 aliphatic heterocycles. The number of imidazole rings is 1. The summed E-state index contributed by atoms with van der Waals surface area (Å²) in [6, 6.07) is 4.66. The smallest absolute Gasteiger partial charge is 0.444 e. The van der Waals surface area contributed by atoms with Gasteiger partial charge in [0.2, 0.25) is 11.8 Å². The Balaban J connectivity index is 0.0000101. The first kappa shape index (κ1) is 66.1. The Labute approximate surface area is 510 Å². The summed E-state index contributed by atoms with van der Waals surface area (Å²) < 4.78 is 85.5. The third-order valence-electron chi connectivity index (χ3n) is 13.4. The number of carbonyl (C=O) groups is 6. The van der Waals surface area contributed by atoms with Crippen LogP contribution in [0.3, 0.4) is 0 Å². The van der Waals surface area contributed by atoms with Crippen LogP contribution in [0.1, 0.15) is 70.4 Å². The SMILES string of the molecule is CC(C)C(NCCCCCN1C(=O)[CH-]CC1=O)C(=O)NC(CCCNC(N)=O)C(=O)Nc1ccc(COC(=O)Nc2ncnc3c2ncn3[C@@H]2O[C@@H]3COP(O)(=S)O[C@H]4[C@@H](F)[C@H](n5ccc(=O)[nH]c5=O)O[C@@H]4COP(=O)(O)O[C@H]3[C@H]2F)cc1.[Tm]. The zero-order valence-corrected chi connectivity index (χ0v) is 48.9. The first-order valence-electron chi connectivity index (χ1n) is 25.9. The molecule has 1 radical (unpaired) electrons. The molecule has 84 heavy (non-hydrogen) atoms. The van der Waals surface area contributed by atoms with E-state index in [4.69, 9.17) is 49.8 Å². The van der Waals surface area contributed by atoms with Crippen LogP contribution < -0.4 is 43.6 Å². The number of aromatic amines is 1. The van der Waals surface area contributed by atoms with Crippen molar-refractivity contribution in [1.29, 1.82) is 0 Å². The topological polar surface area (TPSA) is 412 Å². The number of carbonyl (C=O) groups excluding carboxylic acids is 6. The second kappa shape index (κ2) is 29.3. The van der Waals surface area contributed by atoms with Crippen LogP contribution in [-0.2, 0) is 74.5 Å². The first-order valence-corrected chi connectivity index (χ1v) is 30.0. The van der Waals surface area contributed by atoms with Crippen molar-refractivity contribution in [3.05, 3.63) is 82.0 Å². The van der Waals surface area contributed by atoms with E-state index >= 15 is 8.78 Å². The van der Waals surface area contributed by atoms with Crippen LogP contribution in [0.2, 0.25) is 0 Å². The maximum atomic E-state index is 16.5. The number of ether oxygens (including phenoxy) is 3. The molecule has 37 heteroatoms. The third kappa shape index (κ3) is 17.0. The van der Waals surface area contributed by atoms with Gasteiger partial charge in [-0.05, 0) is 67.6 Å². The number of aromatic nitrogens is 6. The van der Waals surface area contributed by atoms with E-state index in [1.807, 2.05) is 18.8 Å². The number of H-pyrrole nitrogens is 1. The Morgan fingerprint density at radius 3 is 2.25 bits per heavy atom. The monoisotopic (exact) mass is 1400 g/mol. The number of phosphoric acid groups is 1. The van der Waals surface area contributed by atoms with E-state index in [1.165, 1.54) is 11.3 Å². The van der Waals surface area contributed by atoms with Gasteiger partial charge in [0.25, 0.3) is 5.56 Å². The number of anilines is 2. The van der Waals surface area contributed by atoms with E-state index in [9.17, 15) is 52.7 Å². The number of nitrogens with one attached hydrogen (secondary N) is 6. The summed E-state index contributed by atoms with van der Waals surface area (Å²) in [5.74, 6) is -1.87. The molecule has 4 saturated heterocycles. The number of phosphoric ester groups is 1. The fourth-order valence-corrected chi connectivity index (χ4v) is 11.7. The molecule has 10 N–H and O–H groups in total. The summed E-state index contributed by atoms with van der Waals surface area (Å²) in [5, 5.41) is 13.7. The number of primary amides is 1. The van der Waals surface area contributed by atoms with Gasteiger partial charge in [0.05, 0.1) is 31.5 Å². The van der Waals surface area contributed by atoms with E-state index in [2.05, 4.69) is 41.5 Å². The maximum Gasteiger partial charge on any atom is 0.472 e. The number of unbranched alkanes of at least 4 members (excludes halogenated alkanes) is 2. The molecular formula is C47H60F2N13O18P2STm-. The zero-order valence-electron chi connectivity index (χ0n) is 44.6. The van der Waals surface area contributed by atoms with Crippen molar-refractivity contribution in [1.82, 2.24) is 49.9 Å². The van der Waals surface area contributed by atoms with Crippen molar-refractivity contribution in [3.63, 3.8) is 0 Å². The molecule has 8 rings (SSSR count). The minimum atomic E-state index is -5.29. The summed E-state index contributed by atoms with van der Waals surface area (Å²) in [7, 11) is -5.29. The maximum absolute atomic E-state index is 16.5. The molecule has 0 aliphatic carbocycles. The number of nitrogens with two attached hydrogens (primary N) is 1. The van der Waals surface area contributed by atoms with E-state index < -0.39 is 124 Å². The molecule has 4 unspecified atom stereocenters. The van der Waals surface area contributed by atoms with Gasteiger partial charge in [-0.25, -0.2) is 42.7 Å². The third-order valence-corrected chi connectivity index (χ3v) is 16.0. The standard InChI is InChI=1S/C47H60F2N13O18P2S.Tm/c1-24(2)35(51-15-4-3-5-17-60-31(64)12-13-32(60)65)42(67)57-27(7-6-16-52-45(50)68)41(66)56-26-10-8-25(9-11-26)19-74-47(70)59-39-36-40(54-22-53-39)62(23-55-36)44-33(48)37-29(78-44)21-76-82(73,83)80-38-28(20-75-81(71,72)79-37)77-43(34(38)49)61-18-14-30(63)58-46(61)69;/h8-12,14,18,22-24,27-29,33-35,37-38,43-44,51H,3-7,13,15-17,19-21H2,1-2H3,(H,56,66)(H,57,67)(H,71,72)(H,73,83)(H3,50,52,68)(H,58,63,69)(H,53,54,59,70);/q-1;/t27?,28-,29-,33-,34-,35?,37-,38-,43-,44-,82?;/m1./s1. The fourth-order valence-electron chi connectivity index (χ4n) is 9.27. The Morgan fingerprint density at radius 1 is 0.893 bits per heavy atom. The van der Waals surface area contributed by atoms with Gasteiger partial charge < -0.3 is 65.2 Å². The van der Waals surface area contributed by atoms with E-state index in [0.29, 0.717) is 48.2 Å². The van der Waals surface area contributed by atoms with E-state index in [0.717, 1.165) is 29.5 Å². The molecule has 3 aromatic heterocycles. The minimum absolute atomic E-state index is 0. The number of nitrogens with zero attached hydrogens (tertiary/aromatic N) is 6. The van der Waals surface area contributed by atoms with E-state index in [1.54, 1.807) is 24.3 Å². The van der Waals surface area contributed by atoms with Gasteiger partial charge in [-0.2, -0.15) is 0 Å². The van der Waals surface area contributed by atoms with Gasteiger partial charge in [-0.3, -0.25) is 58.6 Å².